The number of carbonyl (C=O) groups is 2. The highest BCUT2D eigenvalue weighted by molar-refractivity contribution is 6.31. The third-order valence-corrected chi connectivity index (χ3v) is 4.13. The third-order valence-electron chi connectivity index (χ3n) is 3.72. The van der Waals surface area contributed by atoms with Crippen LogP contribution in [0.4, 0.5) is 5.69 Å². The van der Waals surface area contributed by atoms with Gasteiger partial charge in [0.2, 0.25) is 11.8 Å². The first-order valence-corrected chi connectivity index (χ1v) is 8.34. The minimum atomic E-state index is -0.433. The molecule has 0 saturated heterocycles. The summed E-state index contributed by atoms with van der Waals surface area (Å²) in [5.41, 5.74) is 2.18. The average molecular weight is 377 g/mol. The number of halogens is 1. The van der Waals surface area contributed by atoms with Crippen molar-refractivity contribution in [3.63, 3.8) is 0 Å². The maximum absolute atomic E-state index is 12.1. The van der Waals surface area contributed by atoms with Gasteiger partial charge in [0, 0.05) is 17.6 Å². The van der Waals surface area contributed by atoms with Crippen molar-refractivity contribution >= 4 is 29.1 Å². The number of benzene rings is 2. The van der Waals surface area contributed by atoms with Crippen molar-refractivity contribution in [1.82, 2.24) is 5.32 Å². The van der Waals surface area contributed by atoms with E-state index in [0.717, 1.165) is 16.9 Å². The van der Waals surface area contributed by atoms with Gasteiger partial charge >= 0.3 is 0 Å². The van der Waals surface area contributed by atoms with Crippen LogP contribution < -0.4 is 20.1 Å². The fourth-order valence-electron chi connectivity index (χ4n) is 2.28. The van der Waals surface area contributed by atoms with E-state index in [-0.39, 0.29) is 12.3 Å². The van der Waals surface area contributed by atoms with Crippen molar-refractivity contribution in [1.29, 1.82) is 0 Å². The van der Waals surface area contributed by atoms with Gasteiger partial charge in [0.15, 0.2) is 0 Å². The van der Waals surface area contributed by atoms with E-state index in [0.29, 0.717) is 23.0 Å². The summed E-state index contributed by atoms with van der Waals surface area (Å²) in [6.45, 7) is 2.15. The normalized spacial score (nSPS) is 10.2. The Morgan fingerprint density at radius 1 is 1.04 bits per heavy atom. The van der Waals surface area contributed by atoms with Gasteiger partial charge in [0.25, 0.3) is 0 Å². The molecule has 7 heteroatoms. The average Bonchev–Trinajstić information content (AvgIpc) is 2.63. The first-order valence-electron chi connectivity index (χ1n) is 7.96. The minimum absolute atomic E-state index is 0.291. The number of rotatable bonds is 7. The van der Waals surface area contributed by atoms with Crippen LogP contribution in [0.1, 0.15) is 17.5 Å². The second kappa shape index (κ2) is 9.10. The lowest BCUT2D eigenvalue weighted by atomic mass is 10.2. The minimum Gasteiger partial charge on any atom is -0.497 e. The van der Waals surface area contributed by atoms with E-state index in [1.165, 1.54) is 7.11 Å². The fraction of sp³-hybridized carbons (Fsp3) is 0.263. The molecule has 0 bridgehead atoms. The van der Waals surface area contributed by atoms with Crippen LogP contribution in [0.25, 0.3) is 0 Å². The number of hydrogen-bond donors (Lipinski definition) is 2. The van der Waals surface area contributed by atoms with Gasteiger partial charge in [-0.25, -0.2) is 0 Å². The molecule has 0 aromatic heterocycles. The monoisotopic (exact) mass is 376 g/mol. The molecular weight excluding hydrogens is 356 g/mol. The second-order valence-corrected chi connectivity index (χ2v) is 6.06. The van der Waals surface area contributed by atoms with Crippen molar-refractivity contribution in [3.05, 3.63) is 52.5 Å². The maximum atomic E-state index is 12.1. The van der Waals surface area contributed by atoms with Crippen LogP contribution in [-0.4, -0.2) is 26.0 Å². The van der Waals surface area contributed by atoms with E-state index in [1.807, 2.05) is 31.2 Å². The van der Waals surface area contributed by atoms with Crippen LogP contribution >= 0.6 is 11.6 Å². The van der Waals surface area contributed by atoms with Crippen LogP contribution in [0.15, 0.2) is 36.4 Å². The maximum Gasteiger partial charge on any atom is 0.233 e. The number of nitrogens with one attached hydrogen (secondary N) is 2. The number of aryl methyl sites for hydroxylation is 1. The van der Waals surface area contributed by atoms with Crippen molar-refractivity contribution in [2.45, 2.75) is 19.9 Å². The Bertz CT molecular complexity index is 791. The third kappa shape index (κ3) is 5.39. The molecule has 2 N–H and O–H groups in total. The Morgan fingerprint density at radius 3 is 2.35 bits per heavy atom. The number of carbonyl (C=O) groups excluding carboxylic acids is 2. The predicted molar refractivity (Wildman–Crippen MR) is 101 cm³/mol. The molecule has 0 spiro atoms. The second-order valence-electron chi connectivity index (χ2n) is 5.65. The predicted octanol–water partition coefficient (Wildman–Crippen LogP) is 3.31. The highest BCUT2D eigenvalue weighted by Crippen LogP contribution is 2.30. The summed E-state index contributed by atoms with van der Waals surface area (Å²) >= 11 is 6.04. The molecule has 0 saturated carbocycles. The van der Waals surface area contributed by atoms with Gasteiger partial charge in [-0.15, -0.1) is 0 Å². The van der Waals surface area contributed by atoms with Crippen molar-refractivity contribution < 1.29 is 19.1 Å². The molecule has 2 aromatic rings. The van der Waals surface area contributed by atoms with E-state index >= 15 is 0 Å². The summed E-state index contributed by atoms with van der Waals surface area (Å²) in [7, 11) is 3.07. The Morgan fingerprint density at radius 2 is 1.73 bits per heavy atom. The Hall–Kier alpha value is -2.73. The zero-order chi connectivity index (χ0) is 19.1. The molecule has 0 fully saturated rings. The summed E-state index contributed by atoms with van der Waals surface area (Å²) < 4.78 is 10.3. The topological polar surface area (TPSA) is 76.7 Å². The largest absolute Gasteiger partial charge is 0.497 e. The number of ether oxygens (including phenoxy) is 2. The summed E-state index contributed by atoms with van der Waals surface area (Å²) in [5.74, 6) is 0.375. The number of amides is 2. The van der Waals surface area contributed by atoms with Crippen molar-refractivity contribution in [2.24, 2.45) is 0 Å². The lowest BCUT2D eigenvalue weighted by Gasteiger charge is -2.12. The SMILES string of the molecule is COc1ccc(CNC(=O)CC(=O)Nc2cc(C)c(Cl)cc2OC)cc1. The molecule has 0 unspecified atom stereocenters. The Balaban J connectivity index is 1.89. The van der Waals surface area contributed by atoms with E-state index in [2.05, 4.69) is 10.6 Å². The van der Waals surface area contributed by atoms with Gasteiger partial charge in [0.05, 0.1) is 19.9 Å². The molecule has 138 valence electrons. The van der Waals surface area contributed by atoms with Crippen LogP contribution in [0, 0.1) is 6.92 Å². The Labute approximate surface area is 157 Å². The van der Waals surface area contributed by atoms with E-state index in [9.17, 15) is 9.59 Å². The van der Waals surface area contributed by atoms with E-state index < -0.39 is 5.91 Å². The molecule has 0 aliphatic rings. The van der Waals surface area contributed by atoms with Crippen LogP contribution in [0.3, 0.4) is 0 Å². The van der Waals surface area contributed by atoms with Gasteiger partial charge < -0.3 is 20.1 Å². The Kier molecular flexibility index (Phi) is 6.86. The zero-order valence-electron chi connectivity index (χ0n) is 14.9. The molecule has 2 rings (SSSR count). The van der Waals surface area contributed by atoms with Gasteiger partial charge in [-0.3, -0.25) is 9.59 Å². The highest BCUT2D eigenvalue weighted by atomic mass is 35.5. The highest BCUT2D eigenvalue weighted by Gasteiger charge is 2.13. The van der Waals surface area contributed by atoms with Crippen molar-refractivity contribution in [2.75, 3.05) is 19.5 Å². The van der Waals surface area contributed by atoms with Gasteiger partial charge in [-0.2, -0.15) is 0 Å². The standard InChI is InChI=1S/C19H21ClN2O4/c1-12-8-16(17(26-3)9-15(12)20)22-19(24)10-18(23)21-11-13-4-6-14(25-2)7-5-13/h4-9H,10-11H2,1-3H3,(H,21,23)(H,22,24). The van der Waals surface area contributed by atoms with Gasteiger partial charge in [-0.05, 0) is 36.2 Å². The summed E-state index contributed by atoms with van der Waals surface area (Å²) in [4.78, 5) is 24.1. The van der Waals surface area contributed by atoms with Gasteiger partial charge in [-0.1, -0.05) is 23.7 Å². The summed E-state index contributed by atoms with van der Waals surface area (Å²) in [6.07, 6.45) is -0.291. The molecular formula is C19H21ClN2O4. The molecule has 2 aromatic carbocycles. The molecule has 0 heterocycles. The van der Waals surface area contributed by atoms with Crippen LogP contribution in [-0.2, 0) is 16.1 Å². The molecule has 0 aliphatic heterocycles. The lowest BCUT2D eigenvalue weighted by molar-refractivity contribution is -0.126. The molecule has 0 aliphatic carbocycles. The number of hydrogen-bond acceptors (Lipinski definition) is 4. The lowest BCUT2D eigenvalue weighted by Crippen LogP contribution is -2.27. The molecule has 0 atom stereocenters. The van der Waals surface area contributed by atoms with E-state index in [1.54, 1.807) is 19.2 Å². The molecule has 0 radical (unpaired) electrons. The fourth-order valence-corrected chi connectivity index (χ4v) is 2.43. The summed E-state index contributed by atoms with van der Waals surface area (Å²) in [6, 6.07) is 10.6. The quantitative estimate of drug-likeness (QED) is 0.727. The summed E-state index contributed by atoms with van der Waals surface area (Å²) in [5, 5.41) is 5.92. The molecule has 6 nitrogen and oxygen atoms in total. The first kappa shape index (κ1) is 19.6. The van der Waals surface area contributed by atoms with Gasteiger partial charge in [0.1, 0.15) is 17.9 Å². The smallest absolute Gasteiger partial charge is 0.233 e. The van der Waals surface area contributed by atoms with Crippen LogP contribution in [0.2, 0.25) is 5.02 Å². The molecule has 2 amide bonds. The van der Waals surface area contributed by atoms with Crippen molar-refractivity contribution in [3.8, 4) is 11.5 Å². The number of anilines is 1. The number of methoxy groups -OCH3 is 2. The zero-order valence-corrected chi connectivity index (χ0v) is 15.6. The first-order chi connectivity index (χ1) is 12.4. The molecule has 26 heavy (non-hydrogen) atoms. The van der Waals surface area contributed by atoms with E-state index in [4.69, 9.17) is 21.1 Å². The van der Waals surface area contributed by atoms with Crippen LogP contribution in [0.5, 0.6) is 11.5 Å².